The summed E-state index contributed by atoms with van der Waals surface area (Å²) in [6, 6.07) is 19.2. The molecule has 6 nitrogen and oxygen atoms in total. The van der Waals surface area contributed by atoms with Gasteiger partial charge in [0.25, 0.3) is 0 Å². The van der Waals surface area contributed by atoms with Crippen LogP contribution in [0.1, 0.15) is 18.1 Å². The number of nitrogens with zero attached hydrogens (tertiary/aromatic N) is 2. The number of amides is 2. The van der Waals surface area contributed by atoms with Crippen LogP contribution in [-0.2, 0) is 22.7 Å². The first-order valence-corrected chi connectivity index (χ1v) is 9.64. The van der Waals surface area contributed by atoms with Crippen LogP contribution in [0.25, 0.3) is 0 Å². The maximum absolute atomic E-state index is 12.6. The molecule has 0 aromatic heterocycles. The second-order valence-electron chi connectivity index (χ2n) is 7.01. The molecule has 148 valence electrons. The molecule has 1 aliphatic rings. The number of rotatable bonds is 6. The van der Waals surface area contributed by atoms with E-state index in [1.165, 1.54) is 5.56 Å². The summed E-state index contributed by atoms with van der Waals surface area (Å²) in [5, 5.41) is 2.63. The second-order valence-corrected chi connectivity index (χ2v) is 7.01. The summed E-state index contributed by atoms with van der Waals surface area (Å²) < 4.78 is 5.19. The minimum absolute atomic E-state index is 0.0731. The highest BCUT2D eigenvalue weighted by Crippen LogP contribution is 2.09. The van der Waals surface area contributed by atoms with Crippen molar-refractivity contribution in [2.24, 2.45) is 0 Å². The largest absolute Gasteiger partial charge is 0.445 e. The molecule has 0 aliphatic carbocycles. The predicted octanol–water partition coefficient (Wildman–Crippen LogP) is 2.65. The van der Waals surface area contributed by atoms with Gasteiger partial charge in [-0.15, -0.1) is 0 Å². The quantitative estimate of drug-likeness (QED) is 0.836. The van der Waals surface area contributed by atoms with Gasteiger partial charge in [0.05, 0.1) is 0 Å². The van der Waals surface area contributed by atoms with Crippen LogP contribution in [0.2, 0.25) is 0 Å². The molecule has 0 radical (unpaired) electrons. The van der Waals surface area contributed by atoms with Gasteiger partial charge in [0, 0.05) is 32.7 Å². The van der Waals surface area contributed by atoms with Gasteiger partial charge in [-0.3, -0.25) is 9.69 Å². The standard InChI is InChI=1S/C22H27N3O3/c1-18(23-22(27)28-17-20-10-6-3-7-11-20)21(26)25-14-12-24(13-15-25)16-19-8-4-2-5-9-19/h2-11,18H,12-17H2,1H3,(H,23,27)/t18-/m1/s1. The van der Waals surface area contributed by atoms with Crippen molar-refractivity contribution >= 4 is 12.0 Å². The van der Waals surface area contributed by atoms with Crippen LogP contribution in [0.5, 0.6) is 0 Å². The summed E-state index contributed by atoms with van der Waals surface area (Å²) in [7, 11) is 0. The molecule has 0 spiro atoms. The van der Waals surface area contributed by atoms with Crippen molar-refractivity contribution in [3.05, 3.63) is 71.8 Å². The van der Waals surface area contributed by atoms with E-state index in [0.717, 1.165) is 25.2 Å². The van der Waals surface area contributed by atoms with E-state index in [-0.39, 0.29) is 12.5 Å². The van der Waals surface area contributed by atoms with Gasteiger partial charge in [-0.2, -0.15) is 0 Å². The van der Waals surface area contributed by atoms with Crippen molar-refractivity contribution in [2.75, 3.05) is 26.2 Å². The molecule has 1 atom stereocenters. The van der Waals surface area contributed by atoms with Crippen LogP contribution in [0.4, 0.5) is 4.79 Å². The number of piperazine rings is 1. The summed E-state index contributed by atoms with van der Waals surface area (Å²) in [4.78, 5) is 28.7. The second kappa shape index (κ2) is 9.90. The highest BCUT2D eigenvalue weighted by atomic mass is 16.5. The number of benzene rings is 2. The van der Waals surface area contributed by atoms with Gasteiger partial charge < -0.3 is 15.0 Å². The summed E-state index contributed by atoms with van der Waals surface area (Å²) in [5.41, 5.74) is 2.18. The fourth-order valence-corrected chi connectivity index (χ4v) is 3.25. The topological polar surface area (TPSA) is 61.9 Å². The maximum Gasteiger partial charge on any atom is 0.408 e. The molecule has 2 aromatic rings. The van der Waals surface area contributed by atoms with E-state index in [2.05, 4.69) is 22.3 Å². The minimum Gasteiger partial charge on any atom is -0.445 e. The van der Waals surface area contributed by atoms with E-state index in [1.807, 2.05) is 53.4 Å². The summed E-state index contributed by atoms with van der Waals surface area (Å²) in [5.74, 6) is -0.0731. The van der Waals surface area contributed by atoms with Crippen LogP contribution in [0.15, 0.2) is 60.7 Å². The number of hydrogen-bond donors (Lipinski definition) is 1. The van der Waals surface area contributed by atoms with Crippen molar-refractivity contribution in [3.8, 4) is 0 Å². The zero-order chi connectivity index (χ0) is 19.8. The van der Waals surface area contributed by atoms with Gasteiger partial charge in [-0.1, -0.05) is 60.7 Å². The Kier molecular flexibility index (Phi) is 7.03. The normalized spacial score (nSPS) is 15.7. The molecule has 0 bridgehead atoms. The molecule has 1 fully saturated rings. The van der Waals surface area contributed by atoms with E-state index in [9.17, 15) is 9.59 Å². The molecule has 6 heteroatoms. The fourth-order valence-electron chi connectivity index (χ4n) is 3.25. The third-order valence-corrected chi connectivity index (χ3v) is 4.85. The van der Waals surface area contributed by atoms with Crippen LogP contribution >= 0.6 is 0 Å². The number of hydrogen-bond acceptors (Lipinski definition) is 4. The van der Waals surface area contributed by atoms with E-state index >= 15 is 0 Å². The van der Waals surface area contributed by atoms with Crippen molar-refractivity contribution in [3.63, 3.8) is 0 Å². The van der Waals surface area contributed by atoms with Gasteiger partial charge >= 0.3 is 6.09 Å². The van der Waals surface area contributed by atoms with Crippen LogP contribution in [0.3, 0.4) is 0 Å². The third kappa shape index (κ3) is 5.82. The molecule has 28 heavy (non-hydrogen) atoms. The highest BCUT2D eigenvalue weighted by molar-refractivity contribution is 5.85. The lowest BCUT2D eigenvalue weighted by molar-refractivity contribution is -0.134. The van der Waals surface area contributed by atoms with Crippen molar-refractivity contribution in [1.29, 1.82) is 0 Å². The Hall–Kier alpha value is -2.86. The number of ether oxygens (including phenoxy) is 1. The number of carbonyl (C=O) groups is 2. The zero-order valence-electron chi connectivity index (χ0n) is 16.2. The molecule has 2 aromatic carbocycles. The molecule has 3 rings (SSSR count). The molecule has 1 N–H and O–H groups in total. The first kappa shape index (κ1) is 19.9. The van der Waals surface area contributed by atoms with E-state index in [4.69, 9.17) is 4.74 Å². The first-order valence-electron chi connectivity index (χ1n) is 9.64. The van der Waals surface area contributed by atoms with Crippen molar-refractivity contribution in [1.82, 2.24) is 15.1 Å². The Morgan fingerprint density at radius 3 is 2.11 bits per heavy atom. The van der Waals surface area contributed by atoms with Crippen molar-refractivity contribution in [2.45, 2.75) is 26.1 Å². The predicted molar refractivity (Wildman–Crippen MR) is 108 cm³/mol. The SMILES string of the molecule is C[C@@H](NC(=O)OCc1ccccc1)C(=O)N1CCN(Cc2ccccc2)CC1. The first-order chi connectivity index (χ1) is 13.6. The number of nitrogens with one attached hydrogen (secondary N) is 1. The zero-order valence-corrected chi connectivity index (χ0v) is 16.2. The van der Waals surface area contributed by atoms with Crippen LogP contribution in [0, 0.1) is 0 Å². The number of carbonyl (C=O) groups excluding carboxylic acids is 2. The third-order valence-electron chi connectivity index (χ3n) is 4.85. The molecule has 0 unspecified atom stereocenters. The Morgan fingerprint density at radius 1 is 0.929 bits per heavy atom. The molecule has 1 heterocycles. The molecule has 1 saturated heterocycles. The van der Waals surface area contributed by atoms with Gasteiger partial charge in [0.15, 0.2) is 0 Å². The van der Waals surface area contributed by atoms with Gasteiger partial charge in [0.1, 0.15) is 12.6 Å². The fraction of sp³-hybridized carbons (Fsp3) is 0.364. The molecule has 2 amide bonds. The number of alkyl carbamates (subject to hydrolysis) is 1. The van der Waals surface area contributed by atoms with Crippen LogP contribution in [-0.4, -0.2) is 54.0 Å². The molecule has 1 aliphatic heterocycles. The smallest absolute Gasteiger partial charge is 0.408 e. The lowest BCUT2D eigenvalue weighted by Crippen LogP contribution is -2.53. The average molecular weight is 381 g/mol. The Balaban J connectivity index is 1.39. The monoisotopic (exact) mass is 381 g/mol. The molecule has 0 saturated carbocycles. The highest BCUT2D eigenvalue weighted by Gasteiger charge is 2.26. The lowest BCUT2D eigenvalue weighted by Gasteiger charge is -2.36. The summed E-state index contributed by atoms with van der Waals surface area (Å²) >= 11 is 0. The Morgan fingerprint density at radius 2 is 1.50 bits per heavy atom. The maximum atomic E-state index is 12.6. The van der Waals surface area contributed by atoms with E-state index < -0.39 is 12.1 Å². The van der Waals surface area contributed by atoms with Gasteiger partial charge in [-0.05, 0) is 18.1 Å². The van der Waals surface area contributed by atoms with E-state index in [1.54, 1.807) is 6.92 Å². The van der Waals surface area contributed by atoms with Crippen molar-refractivity contribution < 1.29 is 14.3 Å². The van der Waals surface area contributed by atoms with Crippen LogP contribution < -0.4 is 5.32 Å². The average Bonchev–Trinajstić information content (AvgIpc) is 2.74. The molecular formula is C22H27N3O3. The Bertz CT molecular complexity index is 759. The molecular weight excluding hydrogens is 354 g/mol. The minimum atomic E-state index is -0.607. The summed E-state index contributed by atoms with van der Waals surface area (Å²) in [6.45, 7) is 5.75. The van der Waals surface area contributed by atoms with E-state index in [0.29, 0.717) is 13.1 Å². The van der Waals surface area contributed by atoms with Gasteiger partial charge in [-0.25, -0.2) is 4.79 Å². The Labute approximate surface area is 166 Å². The lowest BCUT2D eigenvalue weighted by atomic mass is 10.2. The van der Waals surface area contributed by atoms with Gasteiger partial charge in [0.2, 0.25) is 5.91 Å². The summed E-state index contributed by atoms with van der Waals surface area (Å²) in [6.07, 6.45) is -0.576.